The minimum Gasteiger partial charge on any atom is -0.341 e. The Balaban J connectivity index is 1.37. The Morgan fingerprint density at radius 3 is 2.60 bits per heavy atom. The van der Waals surface area contributed by atoms with Gasteiger partial charge in [0, 0.05) is 25.0 Å². The van der Waals surface area contributed by atoms with E-state index in [1.54, 1.807) is 0 Å². The third-order valence-electron chi connectivity index (χ3n) is 6.56. The van der Waals surface area contributed by atoms with E-state index in [1.165, 1.54) is 51.4 Å². The van der Waals surface area contributed by atoms with Crippen LogP contribution in [0.1, 0.15) is 51.4 Å². The molecule has 112 valence electrons. The van der Waals surface area contributed by atoms with Crippen molar-refractivity contribution in [3.8, 4) is 0 Å². The fourth-order valence-corrected chi connectivity index (χ4v) is 5.38. The van der Waals surface area contributed by atoms with Crippen molar-refractivity contribution >= 4 is 5.91 Å². The van der Waals surface area contributed by atoms with E-state index >= 15 is 0 Å². The van der Waals surface area contributed by atoms with Crippen molar-refractivity contribution in [1.29, 1.82) is 0 Å². The summed E-state index contributed by atoms with van der Waals surface area (Å²) in [6.45, 7) is 3.17. The van der Waals surface area contributed by atoms with Crippen molar-refractivity contribution in [3.63, 3.8) is 0 Å². The quantitative estimate of drug-likeness (QED) is 0.797. The first kappa shape index (κ1) is 13.1. The zero-order valence-electron chi connectivity index (χ0n) is 12.5. The molecule has 4 rings (SSSR count). The van der Waals surface area contributed by atoms with Gasteiger partial charge >= 0.3 is 0 Å². The summed E-state index contributed by atoms with van der Waals surface area (Å²) >= 11 is 0. The molecule has 2 heterocycles. The van der Waals surface area contributed by atoms with Gasteiger partial charge in [0.2, 0.25) is 5.91 Å². The predicted octanol–water partition coefficient (Wildman–Crippen LogP) is 2.41. The van der Waals surface area contributed by atoms with Crippen LogP contribution in [0.4, 0.5) is 0 Å². The second-order valence-electron chi connectivity index (χ2n) is 7.67. The molecule has 2 saturated carbocycles. The van der Waals surface area contributed by atoms with Gasteiger partial charge in [-0.3, -0.25) is 4.79 Å². The van der Waals surface area contributed by atoms with Crippen LogP contribution in [0.15, 0.2) is 0 Å². The standard InChI is InChI=1S/C17H28N2O/c20-17(19-10-15-7-8-18-16(15)11-19)14-6-5-12-3-1-2-4-13(12)9-14/h12-16,18H,1-11H2/t12?,13?,14?,15-,16+/m0/s1. The molecule has 3 heteroatoms. The maximum atomic E-state index is 12.8. The van der Waals surface area contributed by atoms with E-state index in [1.807, 2.05) is 0 Å². The molecule has 4 aliphatic rings. The molecule has 20 heavy (non-hydrogen) atoms. The Morgan fingerprint density at radius 2 is 1.75 bits per heavy atom. The van der Waals surface area contributed by atoms with Gasteiger partial charge < -0.3 is 10.2 Å². The lowest BCUT2D eigenvalue weighted by molar-refractivity contribution is -0.137. The number of carbonyl (C=O) groups excluding carboxylic acids is 1. The lowest BCUT2D eigenvalue weighted by Gasteiger charge is -2.39. The third-order valence-corrected chi connectivity index (χ3v) is 6.56. The topological polar surface area (TPSA) is 32.3 Å². The van der Waals surface area contributed by atoms with Crippen LogP contribution in [0.2, 0.25) is 0 Å². The van der Waals surface area contributed by atoms with Crippen LogP contribution in [0.3, 0.4) is 0 Å². The molecule has 0 radical (unpaired) electrons. The van der Waals surface area contributed by atoms with Crippen molar-refractivity contribution in [2.75, 3.05) is 19.6 Å². The van der Waals surface area contributed by atoms with E-state index < -0.39 is 0 Å². The number of carbonyl (C=O) groups is 1. The maximum Gasteiger partial charge on any atom is 0.225 e. The summed E-state index contributed by atoms with van der Waals surface area (Å²) in [6.07, 6.45) is 10.6. The molecule has 2 saturated heterocycles. The SMILES string of the molecule is O=C(C1CCC2CCCCC2C1)N1C[C@@H]2CCN[C@@H]2C1. The molecule has 0 aromatic rings. The monoisotopic (exact) mass is 276 g/mol. The molecule has 0 aromatic heterocycles. The zero-order chi connectivity index (χ0) is 13.5. The van der Waals surface area contributed by atoms with Gasteiger partial charge in [0.25, 0.3) is 0 Å². The number of amides is 1. The molecule has 0 spiro atoms. The Hall–Kier alpha value is -0.570. The molecule has 2 aliphatic heterocycles. The summed E-state index contributed by atoms with van der Waals surface area (Å²) < 4.78 is 0. The second kappa shape index (κ2) is 5.32. The van der Waals surface area contributed by atoms with Crippen LogP contribution < -0.4 is 5.32 Å². The normalized spacial score (nSPS) is 44.2. The first-order valence-corrected chi connectivity index (χ1v) is 8.83. The summed E-state index contributed by atoms with van der Waals surface area (Å²) in [5.74, 6) is 3.41. The Morgan fingerprint density at radius 1 is 0.900 bits per heavy atom. The molecule has 0 bridgehead atoms. The van der Waals surface area contributed by atoms with Crippen LogP contribution in [0, 0.1) is 23.7 Å². The number of nitrogens with one attached hydrogen (secondary N) is 1. The van der Waals surface area contributed by atoms with Gasteiger partial charge in [0.05, 0.1) is 0 Å². The lowest BCUT2D eigenvalue weighted by Crippen LogP contribution is -2.41. The highest BCUT2D eigenvalue weighted by Crippen LogP contribution is 2.43. The Bertz CT molecular complexity index is 371. The summed E-state index contributed by atoms with van der Waals surface area (Å²) in [5.41, 5.74) is 0. The molecular weight excluding hydrogens is 248 g/mol. The van der Waals surface area contributed by atoms with Gasteiger partial charge in [-0.1, -0.05) is 25.7 Å². The molecule has 5 atom stereocenters. The van der Waals surface area contributed by atoms with Crippen LogP contribution in [0.5, 0.6) is 0 Å². The van der Waals surface area contributed by atoms with E-state index in [0.717, 1.165) is 37.4 Å². The number of rotatable bonds is 1. The average Bonchev–Trinajstić information content (AvgIpc) is 3.07. The Kier molecular flexibility index (Phi) is 3.49. The number of hydrogen-bond donors (Lipinski definition) is 1. The van der Waals surface area contributed by atoms with E-state index in [2.05, 4.69) is 10.2 Å². The molecule has 3 unspecified atom stereocenters. The summed E-state index contributed by atoms with van der Waals surface area (Å²) in [7, 11) is 0. The molecule has 0 aromatic carbocycles. The highest BCUT2D eigenvalue weighted by atomic mass is 16.2. The highest BCUT2D eigenvalue weighted by molar-refractivity contribution is 5.79. The zero-order valence-corrected chi connectivity index (χ0v) is 12.5. The van der Waals surface area contributed by atoms with E-state index in [0.29, 0.717) is 17.9 Å². The van der Waals surface area contributed by atoms with E-state index in [9.17, 15) is 4.79 Å². The van der Waals surface area contributed by atoms with Crippen molar-refractivity contribution in [1.82, 2.24) is 10.2 Å². The van der Waals surface area contributed by atoms with Gasteiger partial charge in [-0.05, 0) is 50.0 Å². The van der Waals surface area contributed by atoms with Crippen LogP contribution >= 0.6 is 0 Å². The summed E-state index contributed by atoms with van der Waals surface area (Å²) in [4.78, 5) is 15.0. The van der Waals surface area contributed by atoms with Crippen LogP contribution in [0.25, 0.3) is 0 Å². The molecule has 1 N–H and O–H groups in total. The maximum absolute atomic E-state index is 12.8. The van der Waals surface area contributed by atoms with E-state index in [4.69, 9.17) is 0 Å². The second-order valence-corrected chi connectivity index (χ2v) is 7.67. The molecular formula is C17H28N2O. The highest BCUT2D eigenvalue weighted by Gasteiger charge is 2.42. The predicted molar refractivity (Wildman–Crippen MR) is 79.3 cm³/mol. The summed E-state index contributed by atoms with van der Waals surface area (Å²) in [5, 5.41) is 3.56. The fourth-order valence-electron chi connectivity index (χ4n) is 5.38. The largest absolute Gasteiger partial charge is 0.341 e. The first-order chi connectivity index (χ1) is 9.81. The smallest absolute Gasteiger partial charge is 0.225 e. The minimum atomic E-state index is 0.355. The molecule has 2 aliphatic carbocycles. The van der Waals surface area contributed by atoms with Gasteiger partial charge in [0.1, 0.15) is 0 Å². The van der Waals surface area contributed by atoms with E-state index in [-0.39, 0.29) is 0 Å². The number of nitrogens with zero attached hydrogens (tertiary/aromatic N) is 1. The van der Waals surface area contributed by atoms with Gasteiger partial charge in [-0.25, -0.2) is 0 Å². The third kappa shape index (κ3) is 2.28. The lowest BCUT2D eigenvalue weighted by atomic mass is 9.67. The van der Waals surface area contributed by atoms with Crippen molar-refractivity contribution < 1.29 is 4.79 Å². The van der Waals surface area contributed by atoms with Crippen LogP contribution in [-0.2, 0) is 4.79 Å². The first-order valence-electron chi connectivity index (χ1n) is 8.83. The summed E-state index contributed by atoms with van der Waals surface area (Å²) in [6, 6.07) is 0.602. The minimum absolute atomic E-state index is 0.355. The van der Waals surface area contributed by atoms with Crippen molar-refractivity contribution in [2.24, 2.45) is 23.7 Å². The Labute approximate surface area is 122 Å². The van der Waals surface area contributed by atoms with Gasteiger partial charge in [-0.15, -0.1) is 0 Å². The van der Waals surface area contributed by atoms with Crippen molar-refractivity contribution in [2.45, 2.75) is 57.4 Å². The molecule has 3 nitrogen and oxygen atoms in total. The number of fused-ring (bicyclic) bond motifs is 2. The fraction of sp³-hybridized carbons (Fsp3) is 0.941. The molecule has 4 fully saturated rings. The number of likely N-dealkylation sites (tertiary alicyclic amines) is 1. The molecule has 1 amide bonds. The number of hydrogen-bond acceptors (Lipinski definition) is 2. The van der Waals surface area contributed by atoms with Gasteiger partial charge in [-0.2, -0.15) is 0 Å². The average molecular weight is 276 g/mol. The van der Waals surface area contributed by atoms with Crippen molar-refractivity contribution in [3.05, 3.63) is 0 Å². The van der Waals surface area contributed by atoms with Crippen LogP contribution in [-0.4, -0.2) is 36.5 Å². The van der Waals surface area contributed by atoms with Gasteiger partial charge in [0.15, 0.2) is 0 Å².